The predicted molar refractivity (Wildman–Crippen MR) is 248 cm³/mol. The number of hydrogen-bond acceptors (Lipinski definition) is 21. The molecule has 0 spiro atoms. The summed E-state index contributed by atoms with van der Waals surface area (Å²) in [5, 5.41) is 73.3. The van der Waals surface area contributed by atoms with E-state index in [0.717, 1.165) is 0 Å². The molecule has 3 saturated heterocycles. The third-order valence-electron chi connectivity index (χ3n) is 12.3. The van der Waals surface area contributed by atoms with Crippen LogP contribution in [0.3, 0.4) is 0 Å². The Kier molecular flexibility index (Phi) is 22.8. The number of unbranched alkanes of at least 4 members (excludes halogenated alkanes) is 1. The Hall–Kier alpha value is -1.63. The Morgan fingerprint density at radius 1 is 0.691 bits per heavy atom. The highest BCUT2D eigenvalue weighted by atomic mass is 127. The first kappa shape index (κ1) is 58.9. The Morgan fingerprint density at radius 3 is 1.72 bits per heavy atom. The number of aliphatic hydroxyl groups is 6. The molecule has 25 nitrogen and oxygen atoms in total. The number of carbonyl (C=O) groups is 5. The number of Topliss-reactive ketones (excluding diaryl/α,β-unsaturated/α-hetero) is 1. The molecule has 3 aliphatic carbocycles. The molecule has 0 radical (unpaired) electrons. The standard InChI is InChI=1S/C41H68I2N4O21/c1-25(50)28(45-31(54)23-64-16-14-60-9-11-61-17-19-65-39-35-38(58,36(39,4)46-26(2)51)34(57)37(39,24-49)68-35)7-5-6-8-44-30(53)22-63-15-13-59-10-12-62-18-20-66-41(43)40(42,47-27(3)52)33(56)32(55)29(21-48)67-41/h28-29,32-35,48-49,55-58H,5-24H2,1-4H3,(H,44,53)(H,45,54)(H,46,51)(H,47,52)/t28-,29+,32-,33-,34-,35?,36?,37-,38+,39+,40-,41-/m0/s1. The molecule has 0 aromatic heterocycles. The van der Waals surface area contributed by atoms with Crippen molar-refractivity contribution in [2.24, 2.45) is 0 Å². The smallest absolute Gasteiger partial charge is 0.258 e. The minimum atomic E-state index is -1.82. The predicted octanol–water partition coefficient (Wildman–Crippen LogP) is -4.17. The van der Waals surface area contributed by atoms with Crippen LogP contribution in [0.2, 0.25) is 0 Å². The molecule has 0 aromatic carbocycles. The van der Waals surface area contributed by atoms with Crippen molar-refractivity contribution in [3.05, 3.63) is 0 Å². The first-order valence-electron chi connectivity index (χ1n) is 22.3. The lowest BCUT2D eigenvalue weighted by atomic mass is 9.52. The Labute approximate surface area is 421 Å². The summed E-state index contributed by atoms with van der Waals surface area (Å²) < 4.78 is 52.7. The molecule has 392 valence electrons. The molecule has 6 rings (SSSR count). The second-order valence-electron chi connectivity index (χ2n) is 16.8. The number of ketones is 1. The minimum Gasteiger partial charge on any atom is -0.394 e. The molecule has 6 aliphatic rings. The maximum Gasteiger partial charge on any atom is 0.258 e. The van der Waals surface area contributed by atoms with Crippen LogP contribution in [0.15, 0.2) is 0 Å². The molecule has 0 aromatic rings. The Morgan fingerprint density at radius 2 is 1.21 bits per heavy atom. The van der Waals surface area contributed by atoms with E-state index in [4.69, 9.17) is 47.4 Å². The molecular weight excluding hydrogens is 1140 g/mol. The van der Waals surface area contributed by atoms with Gasteiger partial charge in [0.15, 0.2) is 20.5 Å². The topological polar surface area (TPSA) is 347 Å². The molecule has 3 saturated carbocycles. The van der Waals surface area contributed by atoms with Crippen molar-refractivity contribution in [3.63, 3.8) is 0 Å². The van der Waals surface area contributed by atoms with Crippen molar-refractivity contribution in [3.8, 4) is 0 Å². The number of halogens is 2. The van der Waals surface area contributed by atoms with Crippen molar-refractivity contribution in [1.82, 2.24) is 21.3 Å². The van der Waals surface area contributed by atoms with Crippen LogP contribution in [0.4, 0.5) is 0 Å². The van der Waals surface area contributed by atoms with Gasteiger partial charge < -0.3 is 99.3 Å². The average Bonchev–Trinajstić information content (AvgIpc) is 3.65. The summed E-state index contributed by atoms with van der Waals surface area (Å²) >= 11 is 3.52. The van der Waals surface area contributed by atoms with E-state index in [-0.39, 0.29) is 104 Å². The van der Waals surface area contributed by atoms with Crippen LogP contribution in [-0.4, -0.2) is 239 Å². The normalized spacial score (nSPS) is 33.8. The quantitative estimate of drug-likeness (QED) is 0.0125. The molecule has 4 amide bonds. The second kappa shape index (κ2) is 26.4. The zero-order chi connectivity index (χ0) is 50.4. The number of alkyl halides is 2. The summed E-state index contributed by atoms with van der Waals surface area (Å²) in [6.07, 6.45) is -5.04. The first-order chi connectivity index (χ1) is 32.2. The highest BCUT2D eigenvalue weighted by molar-refractivity contribution is 14.1. The maximum absolute atomic E-state index is 12.4. The lowest BCUT2D eigenvalue weighted by Crippen LogP contribution is -2.96. The molecule has 68 heavy (non-hydrogen) atoms. The van der Waals surface area contributed by atoms with Crippen molar-refractivity contribution < 1.29 is 102 Å². The Balaban J connectivity index is 0.938. The van der Waals surface area contributed by atoms with Crippen LogP contribution < -0.4 is 21.3 Å². The number of aliphatic hydroxyl groups excluding tert-OH is 5. The largest absolute Gasteiger partial charge is 0.394 e. The van der Waals surface area contributed by atoms with Crippen molar-refractivity contribution in [1.29, 1.82) is 0 Å². The number of nitrogens with one attached hydrogen (secondary N) is 4. The zero-order valence-electron chi connectivity index (χ0n) is 38.7. The van der Waals surface area contributed by atoms with Gasteiger partial charge in [-0.15, -0.1) is 0 Å². The fourth-order valence-corrected chi connectivity index (χ4v) is 11.0. The van der Waals surface area contributed by atoms with E-state index >= 15 is 0 Å². The van der Waals surface area contributed by atoms with Crippen molar-refractivity contribution in [2.75, 3.05) is 112 Å². The van der Waals surface area contributed by atoms with Gasteiger partial charge in [0, 0.05) is 20.4 Å². The summed E-state index contributed by atoms with van der Waals surface area (Å²) in [6, 6.07) is -0.709. The number of ether oxygens (including phenoxy) is 10. The molecule has 12 atom stereocenters. The monoisotopic (exact) mass is 1210 g/mol. The van der Waals surface area contributed by atoms with Gasteiger partial charge in [-0.1, -0.05) is 0 Å². The maximum atomic E-state index is 12.4. The van der Waals surface area contributed by atoms with E-state index in [9.17, 15) is 54.6 Å². The highest BCUT2D eigenvalue weighted by Gasteiger charge is 3.04. The average molecular weight is 1210 g/mol. The van der Waals surface area contributed by atoms with Crippen LogP contribution in [0.25, 0.3) is 0 Å². The SMILES string of the molecule is CC(=O)NC1(C)[C@]2(OCCOCCOCCOCC(=O)N[C@@H](CCCCNC(=O)COCCOCCOCCO[C@]3(I)O[C@H](CO)[C@H](O)[C@H](O)[C@]3(I)NC(C)=O)C(C)=O)C3O[C@@]2(CO)[C@H](O)[C@@]31O. The third-order valence-corrected chi connectivity index (χ3v) is 16.3. The highest BCUT2D eigenvalue weighted by Crippen LogP contribution is 2.77. The van der Waals surface area contributed by atoms with Crippen molar-refractivity contribution in [2.45, 2.75) is 113 Å². The van der Waals surface area contributed by atoms with Crippen LogP contribution in [-0.2, 0) is 71.3 Å². The summed E-state index contributed by atoms with van der Waals surface area (Å²) in [7, 11) is 0. The molecule has 3 aliphatic heterocycles. The second-order valence-corrected chi connectivity index (χ2v) is 20.0. The van der Waals surface area contributed by atoms with Gasteiger partial charge in [-0.3, -0.25) is 24.0 Å². The van der Waals surface area contributed by atoms with Gasteiger partial charge >= 0.3 is 0 Å². The zero-order valence-corrected chi connectivity index (χ0v) is 43.0. The van der Waals surface area contributed by atoms with Gasteiger partial charge in [0.25, 0.3) is 3.79 Å². The molecule has 2 unspecified atom stereocenters. The molecule has 27 heteroatoms. The van der Waals surface area contributed by atoms with Crippen LogP contribution in [0, 0.1) is 0 Å². The minimum absolute atomic E-state index is 0.0174. The number of hydrogen-bond donors (Lipinski definition) is 10. The molecular formula is C41H68I2N4O21. The van der Waals surface area contributed by atoms with Gasteiger partial charge in [-0.05, 0) is 78.3 Å². The molecule has 4 bridgehead atoms. The van der Waals surface area contributed by atoms with E-state index in [2.05, 4.69) is 21.3 Å². The summed E-state index contributed by atoms with van der Waals surface area (Å²) in [5.74, 6) is -1.93. The van der Waals surface area contributed by atoms with Crippen LogP contribution >= 0.6 is 45.2 Å². The van der Waals surface area contributed by atoms with E-state index in [1.165, 1.54) is 20.8 Å². The summed E-state index contributed by atoms with van der Waals surface area (Å²) in [5.41, 5.74) is -6.14. The van der Waals surface area contributed by atoms with Gasteiger partial charge in [-0.25, -0.2) is 0 Å². The van der Waals surface area contributed by atoms with E-state index in [0.29, 0.717) is 25.8 Å². The van der Waals surface area contributed by atoms with Crippen molar-refractivity contribution >= 4 is 74.6 Å². The summed E-state index contributed by atoms with van der Waals surface area (Å²) in [6.45, 7) is 5.84. The molecule has 3 heterocycles. The number of rotatable bonds is 35. The number of carbonyl (C=O) groups excluding carboxylic acids is 5. The van der Waals surface area contributed by atoms with Gasteiger partial charge in [-0.2, -0.15) is 0 Å². The fourth-order valence-electron chi connectivity index (χ4n) is 9.00. The van der Waals surface area contributed by atoms with E-state index < -0.39 is 97.2 Å². The lowest BCUT2D eigenvalue weighted by Gasteiger charge is -2.72. The van der Waals surface area contributed by atoms with E-state index in [1.54, 1.807) is 52.1 Å². The molecule has 6 fully saturated rings. The van der Waals surface area contributed by atoms with Gasteiger partial charge in [0.2, 0.25) is 23.6 Å². The summed E-state index contributed by atoms with van der Waals surface area (Å²) in [4.78, 5) is 60.5. The number of amides is 4. The Bertz CT molecular complexity index is 1700. The van der Waals surface area contributed by atoms with Crippen LogP contribution in [0.1, 0.15) is 47.0 Å². The fraction of sp³-hybridized carbons (Fsp3) is 0.878. The van der Waals surface area contributed by atoms with Gasteiger partial charge in [0.1, 0.15) is 54.9 Å². The lowest BCUT2D eigenvalue weighted by molar-refractivity contribution is -0.432. The third kappa shape index (κ3) is 12.6. The first-order valence-corrected chi connectivity index (χ1v) is 24.4. The van der Waals surface area contributed by atoms with Gasteiger partial charge in [0.05, 0.1) is 98.5 Å². The van der Waals surface area contributed by atoms with E-state index in [1.807, 2.05) is 0 Å². The molecule has 10 N–H and O–H groups in total. The van der Waals surface area contributed by atoms with Crippen LogP contribution in [0.5, 0.6) is 0 Å².